The number of hydrogen-bond donors (Lipinski definition) is 5. The Hall–Kier alpha value is -2.99. The van der Waals surface area contributed by atoms with E-state index >= 15 is 0 Å². The van der Waals surface area contributed by atoms with E-state index in [1.54, 1.807) is 24.4 Å². The SMILES string of the molecule is CN[C@H](CCC(=O)N[C@@H](CSC(CC(C)=O)c1ccccn1)C(=O)NCC(=O)O)C(=O)O. The number of rotatable bonds is 15. The summed E-state index contributed by atoms with van der Waals surface area (Å²) in [5.74, 6) is -3.61. The van der Waals surface area contributed by atoms with Gasteiger partial charge in [0.1, 0.15) is 24.4 Å². The second kappa shape index (κ2) is 14.1. The van der Waals surface area contributed by atoms with Crippen molar-refractivity contribution in [2.45, 2.75) is 43.5 Å². The average Bonchev–Trinajstić information content (AvgIpc) is 2.74. The molecule has 1 aromatic rings. The lowest BCUT2D eigenvalue weighted by molar-refractivity contribution is -0.139. The molecule has 1 aromatic heterocycles. The standard InChI is InChI=1S/C20H28N4O7S/c1-12(25)9-16(13-5-3-4-8-22-13)32-11-15(19(29)23-10-18(27)28)24-17(26)7-6-14(21-2)20(30)31/h3-5,8,14-16,21H,6-7,9-11H2,1-2H3,(H,23,29)(H,24,26)(H,27,28)(H,30,31)/t14-,15+,16?/m1/s1. The van der Waals surface area contributed by atoms with Gasteiger partial charge >= 0.3 is 11.9 Å². The van der Waals surface area contributed by atoms with Crippen LogP contribution in [-0.4, -0.2) is 76.2 Å². The Bertz CT molecular complexity index is 806. The van der Waals surface area contributed by atoms with Crippen molar-refractivity contribution < 1.29 is 34.2 Å². The molecular formula is C20H28N4O7S. The van der Waals surface area contributed by atoms with Crippen LogP contribution < -0.4 is 16.0 Å². The Morgan fingerprint density at radius 2 is 1.84 bits per heavy atom. The Morgan fingerprint density at radius 1 is 1.12 bits per heavy atom. The molecule has 0 aliphatic rings. The van der Waals surface area contributed by atoms with Gasteiger partial charge in [0.05, 0.1) is 10.9 Å². The van der Waals surface area contributed by atoms with Crippen LogP contribution in [0.3, 0.4) is 0 Å². The zero-order chi connectivity index (χ0) is 24.1. The van der Waals surface area contributed by atoms with E-state index in [1.807, 2.05) is 0 Å². The molecular weight excluding hydrogens is 440 g/mol. The number of hydrogen-bond acceptors (Lipinski definition) is 8. The van der Waals surface area contributed by atoms with Gasteiger partial charge in [0, 0.05) is 24.8 Å². The lowest BCUT2D eigenvalue weighted by Gasteiger charge is -2.21. The van der Waals surface area contributed by atoms with Gasteiger partial charge in [-0.25, -0.2) is 0 Å². The molecule has 2 amide bonds. The molecule has 0 aliphatic carbocycles. The molecule has 12 heteroatoms. The number of pyridine rings is 1. The summed E-state index contributed by atoms with van der Waals surface area (Å²) in [6, 6.07) is 3.26. The summed E-state index contributed by atoms with van der Waals surface area (Å²) in [5, 5.41) is 24.8. The molecule has 176 valence electrons. The molecule has 0 aliphatic heterocycles. The number of nitrogens with zero attached hydrogens (tertiary/aromatic N) is 1. The monoisotopic (exact) mass is 468 g/mol. The number of Topliss-reactive ketones (excluding diaryl/α,β-unsaturated/α-hetero) is 1. The van der Waals surface area contributed by atoms with Crippen molar-refractivity contribution in [1.82, 2.24) is 20.9 Å². The van der Waals surface area contributed by atoms with Crippen LogP contribution in [0.2, 0.25) is 0 Å². The maximum absolute atomic E-state index is 12.5. The number of nitrogens with one attached hydrogen (secondary N) is 3. The number of aromatic nitrogens is 1. The van der Waals surface area contributed by atoms with Gasteiger partial charge in [-0.05, 0) is 32.5 Å². The van der Waals surface area contributed by atoms with Crippen LogP contribution in [0.25, 0.3) is 0 Å². The second-order valence-electron chi connectivity index (χ2n) is 6.93. The van der Waals surface area contributed by atoms with Crippen LogP contribution in [0.5, 0.6) is 0 Å². The Labute approximate surface area is 189 Å². The van der Waals surface area contributed by atoms with Gasteiger partial charge < -0.3 is 26.2 Å². The largest absolute Gasteiger partial charge is 0.480 e. The molecule has 0 fully saturated rings. The number of carbonyl (C=O) groups is 5. The van der Waals surface area contributed by atoms with Crippen molar-refractivity contribution in [3.8, 4) is 0 Å². The van der Waals surface area contributed by atoms with Crippen LogP contribution in [-0.2, 0) is 24.0 Å². The van der Waals surface area contributed by atoms with Crippen LogP contribution in [0, 0.1) is 0 Å². The summed E-state index contributed by atoms with van der Waals surface area (Å²) in [6.45, 7) is 0.823. The molecule has 1 heterocycles. The third kappa shape index (κ3) is 10.4. The fourth-order valence-electron chi connectivity index (χ4n) is 2.69. The van der Waals surface area contributed by atoms with E-state index in [1.165, 1.54) is 25.7 Å². The van der Waals surface area contributed by atoms with Gasteiger partial charge in [-0.3, -0.25) is 29.0 Å². The van der Waals surface area contributed by atoms with E-state index in [-0.39, 0.29) is 36.0 Å². The Balaban J connectivity index is 2.86. The first kappa shape index (κ1) is 27.0. The van der Waals surface area contributed by atoms with E-state index in [0.29, 0.717) is 5.69 Å². The van der Waals surface area contributed by atoms with Gasteiger partial charge in [0.15, 0.2) is 0 Å². The number of aliphatic carboxylic acids is 2. The van der Waals surface area contributed by atoms with Gasteiger partial charge in [0.2, 0.25) is 11.8 Å². The summed E-state index contributed by atoms with van der Waals surface area (Å²) >= 11 is 1.24. The Morgan fingerprint density at radius 3 is 2.38 bits per heavy atom. The minimum atomic E-state index is -1.24. The van der Waals surface area contributed by atoms with Crippen LogP contribution >= 0.6 is 11.8 Å². The second-order valence-corrected chi connectivity index (χ2v) is 8.17. The van der Waals surface area contributed by atoms with E-state index in [0.717, 1.165) is 0 Å². The highest BCUT2D eigenvalue weighted by molar-refractivity contribution is 7.99. The van der Waals surface area contributed by atoms with Crippen molar-refractivity contribution in [2.24, 2.45) is 0 Å². The van der Waals surface area contributed by atoms with Gasteiger partial charge in [-0.1, -0.05) is 6.07 Å². The molecule has 0 saturated carbocycles. The maximum atomic E-state index is 12.5. The van der Waals surface area contributed by atoms with Crippen molar-refractivity contribution in [1.29, 1.82) is 0 Å². The van der Waals surface area contributed by atoms with Crippen LogP contribution in [0.4, 0.5) is 0 Å². The van der Waals surface area contributed by atoms with E-state index in [9.17, 15) is 24.0 Å². The Kier molecular flexibility index (Phi) is 12.0. The molecule has 5 N–H and O–H groups in total. The van der Waals surface area contributed by atoms with Crippen molar-refractivity contribution in [2.75, 3.05) is 19.3 Å². The summed E-state index contributed by atoms with van der Waals surface area (Å²) < 4.78 is 0. The molecule has 0 aromatic carbocycles. The van der Waals surface area contributed by atoms with E-state index in [2.05, 4.69) is 20.9 Å². The number of amides is 2. The first-order valence-corrected chi connectivity index (χ1v) is 10.9. The van der Waals surface area contributed by atoms with E-state index < -0.39 is 42.4 Å². The fraction of sp³-hybridized carbons (Fsp3) is 0.500. The highest BCUT2D eigenvalue weighted by Gasteiger charge is 2.25. The van der Waals surface area contributed by atoms with Gasteiger partial charge in [-0.2, -0.15) is 0 Å². The number of carbonyl (C=O) groups excluding carboxylic acids is 3. The van der Waals surface area contributed by atoms with Crippen molar-refractivity contribution in [3.05, 3.63) is 30.1 Å². The first-order chi connectivity index (χ1) is 15.1. The normalized spacial score (nSPS) is 13.4. The molecule has 0 radical (unpaired) electrons. The van der Waals surface area contributed by atoms with Crippen molar-refractivity contribution >= 4 is 41.3 Å². The number of carboxylic acids is 2. The lowest BCUT2D eigenvalue weighted by Crippen LogP contribution is -2.49. The lowest BCUT2D eigenvalue weighted by atomic mass is 10.1. The first-order valence-electron chi connectivity index (χ1n) is 9.85. The number of ketones is 1. The molecule has 11 nitrogen and oxygen atoms in total. The number of thioether (sulfide) groups is 1. The topological polar surface area (TPSA) is 175 Å². The predicted molar refractivity (Wildman–Crippen MR) is 117 cm³/mol. The fourth-order valence-corrected chi connectivity index (χ4v) is 4.01. The van der Waals surface area contributed by atoms with Crippen LogP contribution in [0.1, 0.15) is 37.1 Å². The summed E-state index contributed by atoms with van der Waals surface area (Å²) in [7, 11) is 1.46. The van der Waals surface area contributed by atoms with Gasteiger partial charge in [0.25, 0.3) is 0 Å². The maximum Gasteiger partial charge on any atom is 0.322 e. The zero-order valence-electron chi connectivity index (χ0n) is 17.9. The zero-order valence-corrected chi connectivity index (χ0v) is 18.7. The summed E-state index contributed by atoms with van der Waals surface area (Å²) in [6.07, 6.45) is 1.61. The minimum absolute atomic E-state index is 0.00910. The molecule has 0 saturated heterocycles. The quantitative estimate of drug-likeness (QED) is 0.235. The summed E-state index contributed by atoms with van der Waals surface area (Å²) in [4.78, 5) is 62.6. The number of likely N-dealkylation sites (N-methyl/N-ethyl adjacent to an activating group) is 1. The average molecular weight is 469 g/mol. The molecule has 0 spiro atoms. The number of carboxylic acid groups (broad SMARTS) is 2. The predicted octanol–water partition coefficient (Wildman–Crippen LogP) is -0.0266. The summed E-state index contributed by atoms with van der Waals surface area (Å²) in [5.41, 5.74) is 0.641. The minimum Gasteiger partial charge on any atom is -0.480 e. The molecule has 1 unspecified atom stereocenters. The smallest absolute Gasteiger partial charge is 0.322 e. The molecule has 3 atom stereocenters. The van der Waals surface area contributed by atoms with Crippen molar-refractivity contribution in [3.63, 3.8) is 0 Å². The highest BCUT2D eigenvalue weighted by Crippen LogP contribution is 2.31. The molecule has 32 heavy (non-hydrogen) atoms. The van der Waals surface area contributed by atoms with E-state index in [4.69, 9.17) is 10.2 Å². The third-order valence-electron chi connectivity index (χ3n) is 4.33. The molecule has 1 rings (SSSR count). The molecule has 0 bridgehead atoms. The third-order valence-corrected chi connectivity index (χ3v) is 5.66. The van der Waals surface area contributed by atoms with Gasteiger partial charge in [-0.15, -0.1) is 11.8 Å². The highest BCUT2D eigenvalue weighted by atomic mass is 32.2. The van der Waals surface area contributed by atoms with Crippen LogP contribution in [0.15, 0.2) is 24.4 Å².